The van der Waals surface area contributed by atoms with Gasteiger partial charge < -0.3 is 10.2 Å². The second kappa shape index (κ2) is 7.07. The minimum atomic E-state index is -4.41. The van der Waals surface area contributed by atoms with E-state index in [1.807, 2.05) is 4.90 Å². The van der Waals surface area contributed by atoms with E-state index in [2.05, 4.69) is 15.3 Å². The van der Waals surface area contributed by atoms with Crippen molar-refractivity contribution in [2.75, 3.05) is 18.0 Å². The van der Waals surface area contributed by atoms with Gasteiger partial charge in [0.15, 0.2) is 0 Å². The number of hydrogen-bond acceptors (Lipinski definition) is 4. The van der Waals surface area contributed by atoms with Crippen LogP contribution in [-0.4, -0.2) is 35.0 Å². The number of carbonyl (C=O) groups is 1. The summed E-state index contributed by atoms with van der Waals surface area (Å²) in [5, 5.41) is 3.06. The number of carbonyl (C=O) groups excluding carboxylic acids is 1. The van der Waals surface area contributed by atoms with Gasteiger partial charge in [-0.25, -0.2) is 9.97 Å². The molecule has 1 saturated carbocycles. The molecule has 1 aliphatic carbocycles. The largest absolute Gasteiger partial charge is 0.416 e. The number of alkyl halides is 3. The number of halogens is 3. The lowest BCUT2D eigenvalue weighted by Crippen LogP contribution is -2.50. The zero-order valence-electron chi connectivity index (χ0n) is 15.2. The van der Waals surface area contributed by atoms with Gasteiger partial charge in [0.25, 0.3) is 0 Å². The fourth-order valence-electron chi connectivity index (χ4n) is 3.82. The normalized spacial score (nSPS) is 21.2. The maximum atomic E-state index is 13.0. The first-order chi connectivity index (χ1) is 13.4. The molecule has 28 heavy (non-hydrogen) atoms. The number of rotatable bonds is 4. The van der Waals surface area contributed by atoms with Crippen LogP contribution in [0.25, 0.3) is 0 Å². The summed E-state index contributed by atoms with van der Waals surface area (Å²) in [6.45, 7) is 1.41. The number of benzene rings is 1. The molecule has 0 spiro atoms. The topological polar surface area (TPSA) is 58.1 Å². The molecule has 2 aromatic rings. The zero-order chi connectivity index (χ0) is 19.8. The third-order valence-corrected chi connectivity index (χ3v) is 5.52. The molecular weight excluding hydrogens is 369 g/mol. The van der Waals surface area contributed by atoms with Crippen LogP contribution in [0.5, 0.6) is 0 Å². The molecule has 1 atom stereocenters. The summed E-state index contributed by atoms with van der Waals surface area (Å²) in [5.41, 5.74) is -1.11. The van der Waals surface area contributed by atoms with Crippen LogP contribution in [-0.2, 0) is 16.4 Å². The number of nitrogens with zero attached hydrogens (tertiary/aromatic N) is 3. The molecule has 148 valence electrons. The Hall–Kier alpha value is -2.64. The number of anilines is 1. The summed E-state index contributed by atoms with van der Waals surface area (Å²) in [7, 11) is 0. The average Bonchev–Trinajstić information content (AvgIpc) is 3.51. The van der Waals surface area contributed by atoms with E-state index in [4.69, 9.17) is 0 Å². The number of piperidine rings is 1. The number of amides is 1. The van der Waals surface area contributed by atoms with Crippen molar-refractivity contribution in [3.63, 3.8) is 0 Å². The number of hydrogen-bond donors (Lipinski definition) is 1. The lowest BCUT2D eigenvalue weighted by atomic mass is 9.92. The van der Waals surface area contributed by atoms with Crippen molar-refractivity contribution < 1.29 is 18.0 Å². The molecule has 1 saturated heterocycles. The molecule has 5 nitrogen and oxygen atoms in total. The van der Waals surface area contributed by atoms with Crippen LogP contribution in [0.3, 0.4) is 0 Å². The van der Waals surface area contributed by atoms with Gasteiger partial charge in [-0.1, -0.05) is 18.2 Å². The lowest BCUT2D eigenvalue weighted by Gasteiger charge is -2.34. The summed E-state index contributed by atoms with van der Waals surface area (Å²) >= 11 is 0. The summed E-state index contributed by atoms with van der Waals surface area (Å²) in [6.07, 6.45) is 1.79. The number of aromatic nitrogens is 2. The first-order valence-electron chi connectivity index (χ1n) is 9.39. The maximum Gasteiger partial charge on any atom is 0.416 e. The standard InChI is InChI=1S/C20H21F3N4O/c21-20(22,23)15-5-1-4-14(12-15)19(7-8-19)17(28)26-16-6-2-11-27(13-16)18-24-9-3-10-25-18/h1,3-5,9-10,12,16H,2,6-8,11,13H2,(H,26,28). The average molecular weight is 390 g/mol. The van der Waals surface area contributed by atoms with Crippen molar-refractivity contribution in [2.45, 2.75) is 43.3 Å². The Morgan fingerprint density at radius 3 is 2.61 bits per heavy atom. The van der Waals surface area contributed by atoms with Gasteiger partial charge in [0.05, 0.1) is 11.0 Å². The van der Waals surface area contributed by atoms with Gasteiger partial charge in [0.2, 0.25) is 11.9 Å². The van der Waals surface area contributed by atoms with E-state index in [1.54, 1.807) is 24.5 Å². The molecule has 2 aliphatic rings. The minimum Gasteiger partial charge on any atom is -0.351 e. The highest BCUT2D eigenvalue weighted by atomic mass is 19.4. The quantitative estimate of drug-likeness (QED) is 0.870. The van der Waals surface area contributed by atoms with Crippen LogP contribution < -0.4 is 10.2 Å². The van der Waals surface area contributed by atoms with Crippen molar-refractivity contribution in [3.05, 3.63) is 53.9 Å². The molecule has 1 unspecified atom stereocenters. The van der Waals surface area contributed by atoms with Crippen LogP contribution in [0.1, 0.15) is 36.8 Å². The molecular formula is C20H21F3N4O. The Bertz CT molecular complexity index is 852. The summed E-state index contributed by atoms with van der Waals surface area (Å²) in [4.78, 5) is 23.5. The zero-order valence-corrected chi connectivity index (χ0v) is 15.2. The van der Waals surface area contributed by atoms with Gasteiger partial charge in [-0.2, -0.15) is 13.2 Å². The van der Waals surface area contributed by atoms with Crippen LogP contribution in [0.15, 0.2) is 42.7 Å². The Labute approximate surface area is 161 Å². The summed E-state index contributed by atoms with van der Waals surface area (Å²) < 4.78 is 39.1. The second-order valence-electron chi connectivity index (χ2n) is 7.47. The highest BCUT2D eigenvalue weighted by molar-refractivity contribution is 5.91. The SMILES string of the molecule is O=C(NC1CCCN(c2ncccn2)C1)C1(c2cccc(C(F)(F)F)c2)CC1. The smallest absolute Gasteiger partial charge is 0.351 e. The molecule has 1 aromatic carbocycles. The first-order valence-corrected chi connectivity index (χ1v) is 9.39. The van der Waals surface area contributed by atoms with Gasteiger partial charge in [0, 0.05) is 31.5 Å². The van der Waals surface area contributed by atoms with E-state index in [9.17, 15) is 18.0 Å². The highest BCUT2D eigenvalue weighted by Crippen LogP contribution is 2.49. The molecule has 2 fully saturated rings. The molecule has 1 amide bonds. The van der Waals surface area contributed by atoms with E-state index in [0.29, 0.717) is 30.9 Å². The monoisotopic (exact) mass is 390 g/mol. The Balaban J connectivity index is 1.46. The minimum absolute atomic E-state index is 0.0756. The second-order valence-corrected chi connectivity index (χ2v) is 7.47. The fraction of sp³-hybridized carbons (Fsp3) is 0.450. The molecule has 1 aliphatic heterocycles. The Morgan fingerprint density at radius 1 is 1.18 bits per heavy atom. The highest BCUT2D eigenvalue weighted by Gasteiger charge is 2.52. The molecule has 0 radical (unpaired) electrons. The first kappa shape index (κ1) is 18.7. The fourth-order valence-corrected chi connectivity index (χ4v) is 3.82. The summed E-state index contributed by atoms with van der Waals surface area (Å²) in [6, 6.07) is 6.81. The molecule has 8 heteroatoms. The summed E-state index contributed by atoms with van der Waals surface area (Å²) in [5.74, 6) is 0.438. The van der Waals surface area contributed by atoms with Crippen molar-refractivity contribution in [1.29, 1.82) is 0 Å². The van der Waals surface area contributed by atoms with Crippen LogP contribution >= 0.6 is 0 Å². The van der Waals surface area contributed by atoms with Crippen molar-refractivity contribution in [3.8, 4) is 0 Å². The van der Waals surface area contributed by atoms with Crippen molar-refractivity contribution >= 4 is 11.9 Å². The van der Waals surface area contributed by atoms with Gasteiger partial charge >= 0.3 is 6.18 Å². The third-order valence-electron chi connectivity index (χ3n) is 5.52. The van der Waals surface area contributed by atoms with Gasteiger partial charge in [-0.05, 0) is 43.4 Å². The molecule has 1 aromatic heterocycles. The maximum absolute atomic E-state index is 13.0. The Kier molecular flexibility index (Phi) is 4.72. The van der Waals surface area contributed by atoms with Crippen LogP contribution in [0, 0.1) is 0 Å². The van der Waals surface area contributed by atoms with Gasteiger partial charge in [-0.15, -0.1) is 0 Å². The predicted octanol–water partition coefficient (Wildman–Crippen LogP) is 3.31. The molecule has 0 bridgehead atoms. The van der Waals surface area contributed by atoms with Gasteiger partial charge in [-0.3, -0.25) is 4.79 Å². The number of nitrogens with one attached hydrogen (secondary N) is 1. The molecule has 2 heterocycles. The van der Waals surface area contributed by atoms with Crippen molar-refractivity contribution in [2.24, 2.45) is 0 Å². The van der Waals surface area contributed by atoms with E-state index in [1.165, 1.54) is 6.07 Å². The van der Waals surface area contributed by atoms with E-state index in [0.717, 1.165) is 31.5 Å². The van der Waals surface area contributed by atoms with Crippen LogP contribution in [0.4, 0.5) is 19.1 Å². The van der Waals surface area contributed by atoms with Crippen molar-refractivity contribution in [1.82, 2.24) is 15.3 Å². The Morgan fingerprint density at radius 2 is 1.93 bits per heavy atom. The predicted molar refractivity (Wildman–Crippen MR) is 97.8 cm³/mol. The van der Waals surface area contributed by atoms with E-state index >= 15 is 0 Å². The van der Waals surface area contributed by atoms with E-state index in [-0.39, 0.29) is 11.9 Å². The molecule has 1 N–H and O–H groups in total. The third kappa shape index (κ3) is 3.68. The molecule has 4 rings (SSSR count). The lowest BCUT2D eigenvalue weighted by molar-refractivity contribution is -0.137. The van der Waals surface area contributed by atoms with Gasteiger partial charge in [0.1, 0.15) is 0 Å². The van der Waals surface area contributed by atoms with Crippen LogP contribution in [0.2, 0.25) is 0 Å². The van der Waals surface area contributed by atoms with E-state index < -0.39 is 17.2 Å².